The van der Waals surface area contributed by atoms with Gasteiger partial charge in [0.15, 0.2) is 0 Å². The van der Waals surface area contributed by atoms with E-state index in [1.165, 1.54) is 18.5 Å². The minimum Gasteiger partial charge on any atom is -0.366 e. The number of nitrogens with one attached hydrogen (secondary N) is 1. The van der Waals surface area contributed by atoms with Crippen LogP contribution in [0.25, 0.3) is 0 Å². The van der Waals surface area contributed by atoms with Gasteiger partial charge in [0.2, 0.25) is 0 Å². The molecule has 1 fully saturated rings. The van der Waals surface area contributed by atoms with Gasteiger partial charge in [-0.25, -0.2) is 0 Å². The summed E-state index contributed by atoms with van der Waals surface area (Å²) in [7, 11) is 1.98. The molecule has 1 heterocycles. The summed E-state index contributed by atoms with van der Waals surface area (Å²) in [6, 6.07) is 2.75. The van der Waals surface area contributed by atoms with E-state index in [1.54, 1.807) is 0 Å². The molecule has 3 heteroatoms. The number of anilines is 1. The van der Waals surface area contributed by atoms with Crippen LogP contribution in [-0.4, -0.2) is 15.8 Å². The lowest BCUT2D eigenvalue weighted by Crippen LogP contribution is -2.36. The predicted octanol–water partition coefficient (Wildman–Crippen LogP) is 1.94. The van der Waals surface area contributed by atoms with Gasteiger partial charge in [0, 0.05) is 24.8 Å². The van der Waals surface area contributed by atoms with Gasteiger partial charge in [-0.15, -0.1) is 0 Å². The number of rotatable bonds is 2. The lowest BCUT2D eigenvalue weighted by Gasteiger charge is -2.34. The van der Waals surface area contributed by atoms with Gasteiger partial charge in [-0.1, -0.05) is 6.92 Å². The van der Waals surface area contributed by atoms with Crippen molar-refractivity contribution in [2.75, 3.05) is 5.32 Å². The Kier molecular flexibility index (Phi) is 2.02. The highest BCUT2D eigenvalue weighted by atomic mass is 15.3. The molecule has 1 aromatic heterocycles. The van der Waals surface area contributed by atoms with Gasteiger partial charge in [-0.3, -0.25) is 4.68 Å². The molecule has 0 bridgehead atoms. The Hall–Kier alpha value is -0.990. The average molecular weight is 179 g/mol. The molecule has 0 amide bonds. The fraction of sp³-hybridized carbons (Fsp3) is 0.700. The van der Waals surface area contributed by atoms with Gasteiger partial charge in [-0.2, -0.15) is 5.10 Å². The molecule has 0 spiro atoms. The summed E-state index contributed by atoms with van der Waals surface area (Å²) in [5, 5.41) is 7.83. The number of hydrogen-bond donors (Lipinski definition) is 1. The lowest BCUT2D eigenvalue weighted by molar-refractivity contribution is 0.303. The van der Waals surface area contributed by atoms with Crippen LogP contribution in [0.1, 0.15) is 25.5 Å². The number of aryl methyl sites for hydroxylation is 2. The SMILES string of the molecule is Cc1cc(NC2CCC2C)nn1C. The first-order valence-electron chi connectivity index (χ1n) is 4.94. The maximum Gasteiger partial charge on any atom is 0.148 e. The number of hydrogen-bond acceptors (Lipinski definition) is 2. The van der Waals surface area contributed by atoms with E-state index in [0.717, 1.165) is 11.7 Å². The Labute approximate surface area is 79.1 Å². The highest BCUT2D eigenvalue weighted by molar-refractivity contribution is 5.37. The second-order valence-corrected chi connectivity index (χ2v) is 4.10. The van der Waals surface area contributed by atoms with Crippen molar-refractivity contribution >= 4 is 5.82 Å². The normalized spacial score (nSPS) is 27.0. The topological polar surface area (TPSA) is 29.9 Å². The van der Waals surface area contributed by atoms with E-state index in [2.05, 4.69) is 30.3 Å². The summed E-state index contributed by atoms with van der Waals surface area (Å²) in [6.07, 6.45) is 2.64. The summed E-state index contributed by atoms with van der Waals surface area (Å²) in [4.78, 5) is 0. The Balaban J connectivity index is 2.01. The van der Waals surface area contributed by atoms with Gasteiger partial charge in [0.1, 0.15) is 5.82 Å². The molecule has 1 aliphatic carbocycles. The zero-order valence-corrected chi connectivity index (χ0v) is 8.54. The van der Waals surface area contributed by atoms with E-state index < -0.39 is 0 Å². The molecular formula is C10H17N3. The van der Waals surface area contributed by atoms with Crippen LogP contribution in [0.5, 0.6) is 0 Å². The van der Waals surface area contributed by atoms with E-state index in [4.69, 9.17) is 0 Å². The average Bonchev–Trinajstić information content (AvgIpc) is 2.40. The fourth-order valence-corrected chi connectivity index (χ4v) is 1.70. The van der Waals surface area contributed by atoms with Crippen molar-refractivity contribution in [1.82, 2.24) is 9.78 Å². The minimum atomic E-state index is 0.648. The summed E-state index contributed by atoms with van der Waals surface area (Å²) < 4.78 is 1.91. The van der Waals surface area contributed by atoms with Crippen molar-refractivity contribution in [3.8, 4) is 0 Å². The van der Waals surface area contributed by atoms with Crippen molar-refractivity contribution in [3.05, 3.63) is 11.8 Å². The highest BCUT2D eigenvalue weighted by Crippen LogP contribution is 2.29. The van der Waals surface area contributed by atoms with Gasteiger partial charge < -0.3 is 5.32 Å². The molecule has 13 heavy (non-hydrogen) atoms. The Bertz CT molecular complexity index is 284. The molecule has 1 aliphatic rings. The van der Waals surface area contributed by atoms with Crippen LogP contribution in [-0.2, 0) is 7.05 Å². The molecule has 1 aromatic rings. The van der Waals surface area contributed by atoms with Crippen LogP contribution < -0.4 is 5.32 Å². The van der Waals surface area contributed by atoms with E-state index >= 15 is 0 Å². The molecular weight excluding hydrogens is 162 g/mol. The molecule has 72 valence electrons. The maximum atomic E-state index is 4.37. The largest absolute Gasteiger partial charge is 0.366 e. The predicted molar refractivity (Wildman–Crippen MR) is 53.8 cm³/mol. The van der Waals surface area contributed by atoms with Crippen LogP contribution in [0.4, 0.5) is 5.82 Å². The lowest BCUT2D eigenvalue weighted by atomic mass is 9.81. The first-order chi connectivity index (χ1) is 6.16. The Morgan fingerprint density at radius 3 is 2.69 bits per heavy atom. The zero-order chi connectivity index (χ0) is 9.42. The van der Waals surface area contributed by atoms with Crippen molar-refractivity contribution in [3.63, 3.8) is 0 Å². The van der Waals surface area contributed by atoms with Crippen molar-refractivity contribution in [1.29, 1.82) is 0 Å². The van der Waals surface area contributed by atoms with Gasteiger partial charge >= 0.3 is 0 Å². The monoisotopic (exact) mass is 179 g/mol. The van der Waals surface area contributed by atoms with Crippen molar-refractivity contribution < 1.29 is 0 Å². The second-order valence-electron chi connectivity index (χ2n) is 4.10. The van der Waals surface area contributed by atoms with E-state index in [1.807, 2.05) is 11.7 Å². The molecule has 0 aromatic carbocycles. The third kappa shape index (κ3) is 1.55. The molecule has 2 atom stereocenters. The summed E-state index contributed by atoms with van der Waals surface area (Å²) in [5.41, 5.74) is 1.20. The molecule has 2 unspecified atom stereocenters. The van der Waals surface area contributed by atoms with E-state index in [9.17, 15) is 0 Å². The maximum absolute atomic E-state index is 4.37. The quantitative estimate of drug-likeness (QED) is 0.752. The van der Waals surface area contributed by atoms with Gasteiger partial charge in [0.25, 0.3) is 0 Å². The molecule has 0 saturated heterocycles. The molecule has 1 saturated carbocycles. The smallest absolute Gasteiger partial charge is 0.148 e. The summed E-state index contributed by atoms with van der Waals surface area (Å²) >= 11 is 0. The van der Waals surface area contributed by atoms with Crippen molar-refractivity contribution in [2.24, 2.45) is 13.0 Å². The van der Waals surface area contributed by atoms with Gasteiger partial charge in [-0.05, 0) is 25.7 Å². The first-order valence-corrected chi connectivity index (χ1v) is 4.94. The molecule has 2 rings (SSSR count). The summed E-state index contributed by atoms with van der Waals surface area (Å²) in [5.74, 6) is 1.83. The van der Waals surface area contributed by atoms with Crippen LogP contribution >= 0.6 is 0 Å². The first kappa shape index (κ1) is 8.60. The minimum absolute atomic E-state index is 0.648. The van der Waals surface area contributed by atoms with Crippen molar-refractivity contribution in [2.45, 2.75) is 32.7 Å². The molecule has 0 aliphatic heterocycles. The molecule has 0 radical (unpaired) electrons. The Morgan fingerprint density at radius 2 is 2.31 bits per heavy atom. The highest BCUT2D eigenvalue weighted by Gasteiger charge is 2.26. The summed E-state index contributed by atoms with van der Waals surface area (Å²) in [6.45, 7) is 4.36. The number of nitrogens with zero attached hydrogens (tertiary/aromatic N) is 2. The fourth-order valence-electron chi connectivity index (χ4n) is 1.70. The van der Waals surface area contributed by atoms with Crippen LogP contribution in [0, 0.1) is 12.8 Å². The van der Waals surface area contributed by atoms with Crippen LogP contribution in [0.2, 0.25) is 0 Å². The van der Waals surface area contributed by atoms with E-state index in [0.29, 0.717) is 6.04 Å². The second kappa shape index (κ2) is 3.05. The van der Waals surface area contributed by atoms with Crippen LogP contribution in [0.15, 0.2) is 6.07 Å². The van der Waals surface area contributed by atoms with Crippen LogP contribution in [0.3, 0.4) is 0 Å². The number of aromatic nitrogens is 2. The Morgan fingerprint density at radius 1 is 1.54 bits per heavy atom. The zero-order valence-electron chi connectivity index (χ0n) is 8.54. The third-order valence-electron chi connectivity index (χ3n) is 3.07. The van der Waals surface area contributed by atoms with E-state index in [-0.39, 0.29) is 0 Å². The standard InChI is InChI=1S/C10H17N3/c1-7-4-5-9(7)11-10-6-8(2)13(3)12-10/h6-7,9H,4-5H2,1-3H3,(H,11,12). The third-order valence-corrected chi connectivity index (χ3v) is 3.07. The molecule has 3 nitrogen and oxygen atoms in total. The molecule has 1 N–H and O–H groups in total. The van der Waals surface area contributed by atoms with Gasteiger partial charge in [0.05, 0.1) is 0 Å².